The van der Waals surface area contributed by atoms with E-state index in [-0.39, 0.29) is 18.4 Å². The standard InChI is InChI=1S/C23H27N3O2/c1-17-7-6-10-20(22(17)23(28)25-12-4-5-13-25)24-15-21(27)26-14-11-18-8-2-3-9-19(18)16-26/h2-3,6-10,24H,4-5,11-16H2,1H3. The zero-order chi connectivity index (χ0) is 19.5. The third-order valence-corrected chi connectivity index (χ3v) is 5.79. The second kappa shape index (κ2) is 8.05. The number of amides is 2. The van der Waals surface area contributed by atoms with Crippen molar-refractivity contribution in [3.05, 3.63) is 64.7 Å². The molecule has 2 aliphatic heterocycles. The van der Waals surface area contributed by atoms with Gasteiger partial charge in [-0.05, 0) is 48.9 Å². The Morgan fingerprint density at radius 2 is 1.68 bits per heavy atom. The lowest BCUT2D eigenvalue weighted by molar-refractivity contribution is -0.130. The van der Waals surface area contributed by atoms with E-state index in [1.165, 1.54) is 11.1 Å². The fourth-order valence-electron chi connectivity index (χ4n) is 4.17. The maximum Gasteiger partial charge on any atom is 0.256 e. The van der Waals surface area contributed by atoms with E-state index in [4.69, 9.17) is 0 Å². The molecule has 5 heteroatoms. The highest BCUT2D eigenvalue weighted by Gasteiger charge is 2.24. The van der Waals surface area contributed by atoms with Crippen LogP contribution >= 0.6 is 0 Å². The lowest BCUT2D eigenvalue weighted by atomic mass is 10.00. The summed E-state index contributed by atoms with van der Waals surface area (Å²) in [7, 11) is 0. The Morgan fingerprint density at radius 1 is 0.929 bits per heavy atom. The number of carbonyl (C=O) groups is 2. The number of rotatable bonds is 4. The largest absolute Gasteiger partial charge is 0.375 e. The van der Waals surface area contributed by atoms with Gasteiger partial charge in [-0.1, -0.05) is 36.4 Å². The average molecular weight is 377 g/mol. The number of likely N-dealkylation sites (tertiary alicyclic amines) is 1. The van der Waals surface area contributed by atoms with Gasteiger partial charge in [-0.25, -0.2) is 0 Å². The van der Waals surface area contributed by atoms with E-state index in [1.54, 1.807) is 0 Å². The maximum atomic E-state index is 13.0. The van der Waals surface area contributed by atoms with Crippen LogP contribution in [0.3, 0.4) is 0 Å². The Balaban J connectivity index is 1.44. The summed E-state index contributed by atoms with van der Waals surface area (Å²) in [6.45, 7) is 5.19. The van der Waals surface area contributed by atoms with Crippen LogP contribution in [-0.2, 0) is 17.8 Å². The number of fused-ring (bicyclic) bond motifs is 1. The third-order valence-electron chi connectivity index (χ3n) is 5.79. The molecular weight excluding hydrogens is 350 g/mol. The highest BCUT2D eigenvalue weighted by Crippen LogP contribution is 2.24. The van der Waals surface area contributed by atoms with Crippen LogP contribution in [-0.4, -0.2) is 47.8 Å². The molecular formula is C23H27N3O2. The van der Waals surface area contributed by atoms with E-state index in [9.17, 15) is 9.59 Å². The Labute approximate surface area is 166 Å². The minimum absolute atomic E-state index is 0.0654. The SMILES string of the molecule is Cc1cccc(NCC(=O)N2CCc3ccccc3C2)c1C(=O)N1CCCC1. The van der Waals surface area contributed by atoms with E-state index in [2.05, 4.69) is 23.5 Å². The quantitative estimate of drug-likeness (QED) is 0.890. The lowest BCUT2D eigenvalue weighted by Gasteiger charge is -2.29. The van der Waals surface area contributed by atoms with E-state index >= 15 is 0 Å². The zero-order valence-corrected chi connectivity index (χ0v) is 16.4. The van der Waals surface area contributed by atoms with Gasteiger partial charge in [0.15, 0.2) is 0 Å². The van der Waals surface area contributed by atoms with Crippen molar-refractivity contribution < 1.29 is 9.59 Å². The molecule has 2 heterocycles. The molecule has 1 N–H and O–H groups in total. The minimum Gasteiger partial charge on any atom is -0.375 e. The summed E-state index contributed by atoms with van der Waals surface area (Å²) in [4.78, 5) is 29.5. The van der Waals surface area contributed by atoms with Gasteiger partial charge in [0, 0.05) is 31.9 Å². The first kappa shape index (κ1) is 18.5. The summed E-state index contributed by atoms with van der Waals surface area (Å²) in [5.74, 6) is 0.132. The van der Waals surface area contributed by atoms with Gasteiger partial charge in [0.05, 0.1) is 12.1 Å². The van der Waals surface area contributed by atoms with Crippen LogP contribution in [0.25, 0.3) is 0 Å². The fraction of sp³-hybridized carbons (Fsp3) is 0.391. The smallest absolute Gasteiger partial charge is 0.256 e. The van der Waals surface area contributed by atoms with Crippen LogP contribution in [0.2, 0.25) is 0 Å². The average Bonchev–Trinajstić information content (AvgIpc) is 3.26. The molecule has 0 bridgehead atoms. The third kappa shape index (κ3) is 3.75. The highest BCUT2D eigenvalue weighted by atomic mass is 16.2. The van der Waals surface area contributed by atoms with Crippen LogP contribution in [0.1, 0.15) is 39.9 Å². The van der Waals surface area contributed by atoms with Crippen LogP contribution in [0.5, 0.6) is 0 Å². The van der Waals surface area contributed by atoms with Crippen molar-refractivity contribution in [2.45, 2.75) is 32.7 Å². The molecule has 5 nitrogen and oxygen atoms in total. The van der Waals surface area contributed by atoms with E-state index in [1.807, 2.05) is 41.0 Å². The van der Waals surface area contributed by atoms with Gasteiger partial charge < -0.3 is 15.1 Å². The predicted molar refractivity (Wildman–Crippen MR) is 110 cm³/mol. The molecule has 2 amide bonds. The maximum absolute atomic E-state index is 13.0. The lowest BCUT2D eigenvalue weighted by Crippen LogP contribution is -2.39. The number of carbonyl (C=O) groups excluding carboxylic acids is 2. The van der Waals surface area contributed by atoms with E-state index < -0.39 is 0 Å². The van der Waals surface area contributed by atoms with Crippen molar-refractivity contribution in [2.75, 3.05) is 31.5 Å². The number of benzene rings is 2. The molecule has 0 aromatic heterocycles. The number of nitrogens with zero attached hydrogens (tertiary/aromatic N) is 2. The second-order valence-electron chi connectivity index (χ2n) is 7.68. The number of nitrogens with one attached hydrogen (secondary N) is 1. The summed E-state index contributed by atoms with van der Waals surface area (Å²) in [6.07, 6.45) is 3.02. The Hall–Kier alpha value is -2.82. The summed E-state index contributed by atoms with van der Waals surface area (Å²) >= 11 is 0. The van der Waals surface area contributed by atoms with Gasteiger partial charge in [-0.3, -0.25) is 9.59 Å². The Morgan fingerprint density at radius 3 is 2.46 bits per heavy atom. The molecule has 0 aliphatic carbocycles. The van der Waals surface area contributed by atoms with E-state index in [0.717, 1.165) is 50.1 Å². The molecule has 2 aliphatic rings. The first-order valence-electron chi connectivity index (χ1n) is 10.1. The predicted octanol–water partition coefficient (Wildman–Crippen LogP) is 3.23. The van der Waals surface area contributed by atoms with Crippen LogP contribution in [0.15, 0.2) is 42.5 Å². The Kier molecular flexibility index (Phi) is 5.33. The molecule has 1 saturated heterocycles. The molecule has 0 saturated carbocycles. The molecule has 1 fully saturated rings. The molecule has 28 heavy (non-hydrogen) atoms. The fourth-order valence-corrected chi connectivity index (χ4v) is 4.17. The number of hydrogen-bond acceptors (Lipinski definition) is 3. The Bertz CT molecular complexity index is 887. The summed E-state index contributed by atoms with van der Waals surface area (Å²) in [5.41, 5.74) is 4.95. The van der Waals surface area contributed by atoms with Gasteiger partial charge in [-0.15, -0.1) is 0 Å². The van der Waals surface area contributed by atoms with Gasteiger partial charge in [0.25, 0.3) is 5.91 Å². The topological polar surface area (TPSA) is 52.7 Å². The second-order valence-corrected chi connectivity index (χ2v) is 7.68. The molecule has 0 spiro atoms. The summed E-state index contributed by atoms with van der Waals surface area (Å²) in [5, 5.41) is 3.24. The van der Waals surface area contributed by atoms with Crippen molar-refractivity contribution in [2.24, 2.45) is 0 Å². The molecule has 0 radical (unpaired) electrons. The summed E-state index contributed by atoms with van der Waals surface area (Å²) in [6, 6.07) is 14.1. The normalized spacial score (nSPS) is 16.0. The van der Waals surface area contributed by atoms with Crippen LogP contribution < -0.4 is 5.32 Å². The first-order valence-corrected chi connectivity index (χ1v) is 10.1. The number of anilines is 1. The van der Waals surface area contributed by atoms with Crippen LogP contribution in [0.4, 0.5) is 5.69 Å². The zero-order valence-electron chi connectivity index (χ0n) is 16.4. The van der Waals surface area contributed by atoms with Gasteiger partial charge >= 0.3 is 0 Å². The number of aryl methyl sites for hydroxylation is 1. The summed E-state index contributed by atoms with van der Waals surface area (Å²) < 4.78 is 0. The molecule has 0 unspecified atom stereocenters. The van der Waals surface area contributed by atoms with Crippen molar-refractivity contribution in [1.29, 1.82) is 0 Å². The van der Waals surface area contributed by atoms with Gasteiger partial charge in [-0.2, -0.15) is 0 Å². The van der Waals surface area contributed by atoms with Crippen LogP contribution in [0, 0.1) is 6.92 Å². The van der Waals surface area contributed by atoms with Crippen molar-refractivity contribution in [3.63, 3.8) is 0 Å². The molecule has 146 valence electrons. The van der Waals surface area contributed by atoms with Crippen molar-refractivity contribution in [1.82, 2.24) is 9.80 Å². The van der Waals surface area contributed by atoms with Gasteiger partial charge in [0.1, 0.15) is 0 Å². The van der Waals surface area contributed by atoms with Crippen molar-refractivity contribution in [3.8, 4) is 0 Å². The minimum atomic E-state index is 0.0654. The molecule has 2 aromatic rings. The molecule has 2 aromatic carbocycles. The van der Waals surface area contributed by atoms with E-state index in [0.29, 0.717) is 12.1 Å². The molecule has 0 atom stereocenters. The first-order chi connectivity index (χ1) is 13.6. The highest BCUT2D eigenvalue weighted by molar-refractivity contribution is 6.01. The van der Waals surface area contributed by atoms with Gasteiger partial charge in [0.2, 0.25) is 5.91 Å². The number of hydrogen-bond donors (Lipinski definition) is 1. The monoisotopic (exact) mass is 377 g/mol. The van der Waals surface area contributed by atoms with Crippen molar-refractivity contribution >= 4 is 17.5 Å². The molecule has 4 rings (SSSR count).